The molecule has 0 amide bonds. The van der Waals surface area contributed by atoms with Crippen molar-refractivity contribution in [2.75, 3.05) is 13.7 Å². The fourth-order valence-corrected chi connectivity index (χ4v) is 2.82. The summed E-state index contributed by atoms with van der Waals surface area (Å²) in [4.78, 5) is 1.19. The molecule has 19 heavy (non-hydrogen) atoms. The predicted molar refractivity (Wildman–Crippen MR) is 77.4 cm³/mol. The zero-order valence-corrected chi connectivity index (χ0v) is 12.0. The van der Waals surface area contributed by atoms with Gasteiger partial charge in [0.15, 0.2) is 11.6 Å². The number of halogens is 1. The van der Waals surface area contributed by atoms with Crippen molar-refractivity contribution in [2.45, 2.75) is 19.4 Å². The van der Waals surface area contributed by atoms with E-state index in [4.69, 9.17) is 4.74 Å². The van der Waals surface area contributed by atoms with Gasteiger partial charge in [0, 0.05) is 4.88 Å². The van der Waals surface area contributed by atoms with Gasteiger partial charge in [0.2, 0.25) is 0 Å². The van der Waals surface area contributed by atoms with Crippen molar-refractivity contribution in [3.63, 3.8) is 0 Å². The van der Waals surface area contributed by atoms with Crippen LogP contribution in [0.25, 0.3) is 0 Å². The van der Waals surface area contributed by atoms with Crippen LogP contribution >= 0.6 is 11.3 Å². The number of methoxy groups -OCH3 is 1. The lowest BCUT2D eigenvalue weighted by molar-refractivity contribution is 0.385. The second-order valence-electron chi connectivity index (χ2n) is 4.30. The number of hydrogen-bond donors (Lipinski definition) is 1. The molecule has 0 saturated carbocycles. The highest BCUT2D eigenvalue weighted by atomic mass is 32.1. The highest BCUT2D eigenvalue weighted by Crippen LogP contribution is 2.28. The van der Waals surface area contributed by atoms with Gasteiger partial charge in [-0.25, -0.2) is 4.39 Å². The molecule has 1 N–H and O–H groups in total. The van der Waals surface area contributed by atoms with E-state index in [0.717, 1.165) is 18.5 Å². The van der Waals surface area contributed by atoms with Gasteiger partial charge in [0.25, 0.3) is 0 Å². The summed E-state index contributed by atoms with van der Waals surface area (Å²) in [5, 5.41) is 5.49. The molecule has 102 valence electrons. The number of thiophene rings is 1. The number of nitrogens with one attached hydrogen (secondary N) is 1. The fourth-order valence-electron chi connectivity index (χ4n) is 1.99. The molecule has 0 bridgehead atoms. The molecule has 0 aliphatic rings. The van der Waals surface area contributed by atoms with Crippen LogP contribution in [0.4, 0.5) is 4.39 Å². The van der Waals surface area contributed by atoms with Crippen molar-refractivity contribution >= 4 is 11.3 Å². The van der Waals surface area contributed by atoms with E-state index in [1.165, 1.54) is 12.0 Å². The Balaban J connectivity index is 2.30. The first-order chi connectivity index (χ1) is 9.26. The molecule has 1 atom stereocenters. The average molecular weight is 279 g/mol. The number of benzene rings is 1. The van der Waals surface area contributed by atoms with Crippen LogP contribution in [0, 0.1) is 5.82 Å². The highest BCUT2D eigenvalue weighted by molar-refractivity contribution is 7.10. The largest absolute Gasteiger partial charge is 0.494 e. The maximum atomic E-state index is 13.8. The smallest absolute Gasteiger partial charge is 0.165 e. The minimum atomic E-state index is -0.320. The Morgan fingerprint density at radius 1 is 1.37 bits per heavy atom. The summed E-state index contributed by atoms with van der Waals surface area (Å²) in [6.07, 6.45) is 1.04. The Kier molecular flexibility index (Phi) is 4.93. The van der Waals surface area contributed by atoms with Gasteiger partial charge in [-0.3, -0.25) is 0 Å². The first kappa shape index (κ1) is 14.0. The maximum Gasteiger partial charge on any atom is 0.165 e. The predicted octanol–water partition coefficient (Wildman–Crippen LogP) is 3.98. The quantitative estimate of drug-likeness (QED) is 0.863. The molecule has 0 saturated heterocycles. The second kappa shape index (κ2) is 6.68. The Bertz CT molecular complexity index is 513. The molecule has 0 aliphatic carbocycles. The van der Waals surface area contributed by atoms with E-state index in [0.29, 0.717) is 0 Å². The molecule has 0 spiro atoms. The molecule has 1 unspecified atom stereocenters. The zero-order chi connectivity index (χ0) is 13.7. The highest BCUT2D eigenvalue weighted by Gasteiger charge is 2.16. The molecule has 0 radical (unpaired) electrons. The van der Waals surface area contributed by atoms with Crippen LogP contribution in [0.2, 0.25) is 0 Å². The number of rotatable bonds is 6. The van der Waals surface area contributed by atoms with Gasteiger partial charge in [0.05, 0.1) is 13.2 Å². The molecular weight excluding hydrogens is 261 g/mol. The van der Waals surface area contributed by atoms with Crippen molar-refractivity contribution in [1.82, 2.24) is 5.32 Å². The van der Waals surface area contributed by atoms with Crippen LogP contribution in [-0.4, -0.2) is 13.7 Å². The van der Waals surface area contributed by atoms with Crippen molar-refractivity contribution < 1.29 is 9.13 Å². The van der Waals surface area contributed by atoms with E-state index >= 15 is 0 Å². The minimum Gasteiger partial charge on any atom is -0.494 e. The third kappa shape index (κ3) is 3.33. The van der Waals surface area contributed by atoms with Gasteiger partial charge in [-0.15, -0.1) is 11.3 Å². The Morgan fingerprint density at radius 2 is 2.21 bits per heavy atom. The van der Waals surface area contributed by atoms with E-state index in [1.807, 2.05) is 17.5 Å². The summed E-state index contributed by atoms with van der Waals surface area (Å²) in [6.45, 7) is 3.02. The fraction of sp³-hybridized carbons (Fsp3) is 0.333. The van der Waals surface area contributed by atoms with Crippen molar-refractivity contribution in [2.24, 2.45) is 0 Å². The lowest BCUT2D eigenvalue weighted by atomic mass is 10.0. The Morgan fingerprint density at radius 3 is 2.79 bits per heavy atom. The maximum absolute atomic E-state index is 13.8. The van der Waals surface area contributed by atoms with E-state index in [-0.39, 0.29) is 17.6 Å². The average Bonchev–Trinajstić information content (AvgIpc) is 2.93. The van der Waals surface area contributed by atoms with E-state index < -0.39 is 0 Å². The molecule has 2 rings (SSSR count). The van der Waals surface area contributed by atoms with Gasteiger partial charge < -0.3 is 10.1 Å². The van der Waals surface area contributed by atoms with Crippen LogP contribution in [-0.2, 0) is 0 Å². The van der Waals surface area contributed by atoms with Crippen LogP contribution in [0.1, 0.15) is 29.8 Å². The standard InChI is InChI=1S/C15H18FNOS/c1-3-8-17-15(14-5-4-9-19-14)11-6-7-13(18-2)12(16)10-11/h4-7,9-10,15,17H,3,8H2,1-2H3. The van der Waals surface area contributed by atoms with E-state index in [9.17, 15) is 4.39 Å². The summed E-state index contributed by atoms with van der Waals surface area (Å²) < 4.78 is 18.8. The number of hydrogen-bond acceptors (Lipinski definition) is 3. The van der Waals surface area contributed by atoms with Crippen molar-refractivity contribution in [3.05, 3.63) is 52.0 Å². The van der Waals surface area contributed by atoms with Crippen LogP contribution in [0.5, 0.6) is 5.75 Å². The Hall–Kier alpha value is -1.39. The van der Waals surface area contributed by atoms with Crippen LogP contribution < -0.4 is 10.1 Å². The van der Waals surface area contributed by atoms with Crippen LogP contribution in [0.3, 0.4) is 0 Å². The Labute approximate surface area is 117 Å². The van der Waals surface area contributed by atoms with Crippen LogP contribution in [0.15, 0.2) is 35.7 Å². The second-order valence-corrected chi connectivity index (χ2v) is 5.28. The van der Waals surface area contributed by atoms with Gasteiger partial charge >= 0.3 is 0 Å². The van der Waals surface area contributed by atoms with E-state index in [2.05, 4.69) is 18.3 Å². The summed E-state index contributed by atoms with van der Waals surface area (Å²) in [5.74, 6) is -0.0379. The molecule has 0 fully saturated rings. The van der Waals surface area contributed by atoms with Gasteiger partial charge in [-0.2, -0.15) is 0 Å². The third-order valence-electron chi connectivity index (χ3n) is 2.94. The molecule has 4 heteroatoms. The zero-order valence-electron chi connectivity index (χ0n) is 11.2. The molecular formula is C15H18FNOS. The summed E-state index contributed by atoms with van der Waals surface area (Å²) in [5.41, 5.74) is 0.925. The third-order valence-corrected chi connectivity index (χ3v) is 3.87. The van der Waals surface area contributed by atoms with Gasteiger partial charge in [0.1, 0.15) is 0 Å². The van der Waals surface area contributed by atoms with Gasteiger partial charge in [-0.05, 0) is 42.1 Å². The van der Waals surface area contributed by atoms with Crippen molar-refractivity contribution in [1.29, 1.82) is 0 Å². The summed E-state index contributed by atoms with van der Waals surface area (Å²) in [6, 6.07) is 9.26. The first-order valence-electron chi connectivity index (χ1n) is 6.36. The lowest BCUT2D eigenvalue weighted by Gasteiger charge is -2.18. The van der Waals surface area contributed by atoms with Crippen molar-refractivity contribution in [3.8, 4) is 5.75 Å². The molecule has 1 heterocycles. The van der Waals surface area contributed by atoms with Gasteiger partial charge in [-0.1, -0.05) is 19.1 Å². The lowest BCUT2D eigenvalue weighted by Crippen LogP contribution is -2.22. The molecule has 2 aromatic rings. The molecule has 1 aromatic carbocycles. The topological polar surface area (TPSA) is 21.3 Å². The number of ether oxygens (including phenoxy) is 1. The molecule has 2 nitrogen and oxygen atoms in total. The SMILES string of the molecule is CCCNC(c1ccc(OC)c(F)c1)c1cccs1. The first-order valence-corrected chi connectivity index (χ1v) is 7.24. The monoisotopic (exact) mass is 279 g/mol. The summed E-state index contributed by atoms with van der Waals surface area (Å²) in [7, 11) is 1.48. The molecule has 1 aromatic heterocycles. The van der Waals surface area contributed by atoms with E-state index in [1.54, 1.807) is 23.5 Å². The summed E-state index contributed by atoms with van der Waals surface area (Å²) >= 11 is 1.68. The minimum absolute atomic E-state index is 0.0420. The normalized spacial score (nSPS) is 12.4. The molecule has 0 aliphatic heterocycles.